The van der Waals surface area contributed by atoms with E-state index in [0.29, 0.717) is 0 Å². The second-order valence-electron chi connectivity index (χ2n) is 4.56. The molecule has 0 aliphatic carbocycles. The van der Waals surface area contributed by atoms with E-state index < -0.39 is 55.6 Å². The lowest BCUT2D eigenvalue weighted by Crippen LogP contribution is -2.56. The maximum Gasteiger partial charge on any atom is 0.495 e. The lowest BCUT2D eigenvalue weighted by molar-refractivity contribution is -0.558. The first kappa shape index (κ1) is 26.1. The molecular formula is C11H12F10N2O5. The Morgan fingerprint density at radius 3 is 1.32 bits per heavy atom. The first-order valence-electron chi connectivity index (χ1n) is 6.89. The van der Waals surface area contributed by atoms with Gasteiger partial charge in [-0.3, -0.25) is 9.59 Å². The maximum absolute atomic E-state index is 13.1. The molecule has 0 saturated carbocycles. The van der Waals surface area contributed by atoms with Gasteiger partial charge in [0.25, 0.3) is 0 Å². The summed E-state index contributed by atoms with van der Waals surface area (Å²) < 4.78 is 137. The molecule has 28 heavy (non-hydrogen) atoms. The van der Waals surface area contributed by atoms with Crippen molar-refractivity contribution in [1.29, 1.82) is 0 Å². The summed E-state index contributed by atoms with van der Waals surface area (Å²) in [6, 6.07) is 0. The van der Waals surface area contributed by atoms with Crippen LogP contribution in [0, 0.1) is 0 Å². The van der Waals surface area contributed by atoms with Crippen molar-refractivity contribution in [2.24, 2.45) is 0 Å². The van der Waals surface area contributed by atoms with Crippen LogP contribution < -0.4 is 10.6 Å². The van der Waals surface area contributed by atoms with E-state index in [2.05, 4.69) is 14.2 Å². The molecule has 2 amide bonds. The average molecular weight is 442 g/mol. The zero-order valence-electron chi connectivity index (χ0n) is 13.7. The van der Waals surface area contributed by atoms with E-state index in [4.69, 9.17) is 0 Å². The van der Waals surface area contributed by atoms with E-state index in [1.54, 1.807) is 0 Å². The predicted molar refractivity (Wildman–Crippen MR) is 65.4 cm³/mol. The Hall–Kier alpha value is -1.88. The fraction of sp³-hybridized carbons (Fsp3) is 0.818. The molecular weight excluding hydrogens is 430 g/mol. The average Bonchev–Trinajstić information content (AvgIpc) is 2.43. The summed E-state index contributed by atoms with van der Waals surface area (Å²) in [5, 5.41) is 2.46. The van der Waals surface area contributed by atoms with E-state index >= 15 is 0 Å². The molecule has 0 aliphatic rings. The summed E-state index contributed by atoms with van der Waals surface area (Å²) in [5.41, 5.74) is 0. The number of carbonyl (C=O) groups is 2. The minimum Gasteiger partial charge on any atom is -0.349 e. The molecule has 0 unspecified atom stereocenters. The SMILES string of the molecule is CCNC(=O)C(F)(F)OC(F)(F)OC(F)(F)C(F)(F)OC(F)(F)C(=O)NCC. The quantitative estimate of drug-likeness (QED) is 0.379. The number of halogens is 10. The van der Waals surface area contributed by atoms with Crippen LogP contribution in [0.1, 0.15) is 13.8 Å². The highest BCUT2D eigenvalue weighted by molar-refractivity contribution is 5.82. The number of ether oxygens (including phenoxy) is 3. The van der Waals surface area contributed by atoms with Crippen LogP contribution in [0.15, 0.2) is 0 Å². The monoisotopic (exact) mass is 442 g/mol. The minimum atomic E-state index is -6.73. The lowest BCUT2D eigenvalue weighted by atomic mass is 10.5. The van der Waals surface area contributed by atoms with Gasteiger partial charge in [-0.05, 0) is 13.8 Å². The molecule has 166 valence electrons. The molecule has 2 N–H and O–H groups in total. The van der Waals surface area contributed by atoms with Gasteiger partial charge >= 0.3 is 42.5 Å². The third-order valence-electron chi connectivity index (χ3n) is 2.29. The highest BCUT2D eigenvalue weighted by Gasteiger charge is 2.70. The summed E-state index contributed by atoms with van der Waals surface area (Å²) >= 11 is 0. The third-order valence-corrected chi connectivity index (χ3v) is 2.29. The maximum atomic E-state index is 13.1. The van der Waals surface area contributed by atoms with Gasteiger partial charge in [0.15, 0.2) is 0 Å². The number of alkyl halides is 10. The standard InChI is InChI=1S/C11H12F10N2O5/c1-3-22-5(24)7(12,13)26-9(16,17)10(18,19)28-11(20,21)27-8(14,15)6(25)23-4-2/h3-4H2,1-2H3,(H,22,24)(H,23,25). The predicted octanol–water partition coefficient (Wildman–Crippen LogP) is 2.23. The molecule has 0 atom stereocenters. The molecule has 0 spiro atoms. The number of amides is 2. The van der Waals surface area contributed by atoms with Gasteiger partial charge in [0.2, 0.25) is 0 Å². The van der Waals surface area contributed by atoms with E-state index in [1.165, 1.54) is 10.6 Å². The summed E-state index contributed by atoms with van der Waals surface area (Å²) in [6.45, 7) is 0.929. The molecule has 0 radical (unpaired) electrons. The Morgan fingerprint density at radius 1 is 0.643 bits per heavy atom. The summed E-state index contributed by atoms with van der Waals surface area (Å²) in [7, 11) is 0. The van der Waals surface area contributed by atoms with Crippen molar-refractivity contribution in [3.8, 4) is 0 Å². The highest BCUT2D eigenvalue weighted by Crippen LogP contribution is 2.44. The zero-order valence-corrected chi connectivity index (χ0v) is 13.7. The van der Waals surface area contributed by atoms with Crippen molar-refractivity contribution in [3.63, 3.8) is 0 Å². The Balaban J connectivity index is 5.40. The van der Waals surface area contributed by atoms with Crippen molar-refractivity contribution in [2.75, 3.05) is 13.1 Å². The van der Waals surface area contributed by atoms with Gasteiger partial charge in [0.05, 0.1) is 0 Å². The third kappa shape index (κ3) is 6.93. The van der Waals surface area contributed by atoms with Crippen molar-refractivity contribution >= 4 is 11.8 Å². The Morgan fingerprint density at radius 2 is 0.964 bits per heavy atom. The van der Waals surface area contributed by atoms with Gasteiger partial charge < -0.3 is 10.6 Å². The van der Waals surface area contributed by atoms with Crippen molar-refractivity contribution < 1.29 is 67.7 Å². The fourth-order valence-corrected chi connectivity index (χ4v) is 1.22. The Bertz CT molecular complexity index is 572. The van der Waals surface area contributed by atoms with Crippen molar-refractivity contribution in [2.45, 2.75) is 44.6 Å². The molecule has 0 aliphatic heterocycles. The fourth-order valence-electron chi connectivity index (χ4n) is 1.22. The van der Waals surface area contributed by atoms with Crippen molar-refractivity contribution in [1.82, 2.24) is 10.6 Å². The molecule has 0 aromatic rings. The summed E-state index contributed by atoms with van der Waals surface area (Å²) in [5.74, 6) is -5.22. The number of carbonyl (C=O) groups excluding carboxylic acids is 2. The molecule has 0 rings (SSSR count). The molecule has 0 saturated heterocycles. The molecule has 0 fully saturated rings. The highest BCUT2D eigenvalue weighted by atomic mass is 19.3. The van der Waals surface area contributed by atoms with Gasteiger partial charge in [-0.1, -0.05) is 0 Å². The van der Waals surface area contributed by atoms with Crippen LogP contribution in [0.2, 0.25) is 0 Å². The number of likely N-dealkylation sites (N-methyl/N-ethyl adjacent to an activating group) is 2. The topological polar surface area (TPSA) is 85.9 Å². The van der Waals surface area contributed by atoms with Crippen LogP contribution in [0.5, 0.6) is 0 Å². The number of hydrogen-bond acceptors (Lipinski definition) is 5. The second kappa shape index (κ2) is 8.64. The first-order chi connectivity index (χ1) is 12.3. The van der Waals surface area contributed by atoms with Gasteiger partial charge in [0, 0.05) is 13.1 Å². The molecule has 0 aromatic heterocycles. The van der Waals surface area contributed by atoms with E-state index in [1.807, 2.05) is 0 Å². The van der Waals surface area contributed by atoms with Crippen LogP contribution in [-0.4, -0.2) is 55.6 Å². The van der Waals surface area contributed by atoms with Crippen LogP contribution in [0.3, 0.4) is 0 Å². The molecule has 0 heterocycles. The van der Waals surface area contributed by atoms with E-state index in [9.17, 15) is 53.5 Å². The molecule has 0 aromatic carbocycles. The summed E-state index contributed by atoms with van der Waals surface area (Å²) in [6.07, 6.45) is -30.9. The second-order valence-corrected chi connectivity index (χ2v) is 4.56. The lowest BCUT2D eigenvalue weighted by Gasteiger charge is -2.31. The largest absolute Gasteiger partial charge is 0.495 e. The molecule has 7 nitrogen and oxygen atoms in total. The molecule has 17 heteroatoms. The molecule has 0 bridgehead atoms. The normalized spacial score (nSPS) is 14.0. The van der Waals surface area contributed by atoms with Crippen LogP contribution in [0.25, 0.3) is 0 Å². The minimum absolute atomic E-state index is 0.554. The number of hydrogen-bond donors (Lipinski definition) is 2. The summed E-state index contributed by atoms with van der Waals surface area (Å²) in [4.78, 5) is 21.5. The van der Waals surface area contributed by atoms with Gasteiger partial charge in [-0.2, -0.15) is 35.1 Å². The Kier molecular flexibility index (Phi) is 8.06. The van der Waals surface area contributed by atoms with Crippen molar-refractivity contribution in [3.05, 3.63) is 0 Å². The number of rotatable bonds is 11. The van der Waals surface area contributed by atoms with Gasteiger partial charge in [-0.25, -0.2) is 14.2 Å². The van der Waals surface area contributed by atoms with Crippen LogP contribution in [0.4, 0.5) is 43.9 Å². The van der Waals surface area contributed by atoms with Crippen LogP contribution >= 0.6 is 0 Å². The first-order valence-corrected chi connectivity index (χ1v) is 6.89. The van der Waals surface area contributed by atoms with E-state index in [-0.39, 0.29) is 0 Å². The number of nitrogens with one attached hydrogen (secondary N) is 2. The van der Waals surface area contributed by atoms with Crippen LogP contribution in [-0.2, 0) is 23.8 Å². The smallest absolute Gasteiger partial charge is 0.349 e. The van der Waals surface area contributed by atoms with Gasteiger partial charge in [-0.15, -0.1) is 8.78 Å². The van der Waals surface area contributed by atoms with Gasteiger partial charge in [0.1, 0.15) is 0 Å². The zero-order chi connectivity index (χ0) is 22.6. The Labute approximate surface area is 149 Å². The van der Waals surface area contributed by atoms with E-state index in [0.717, 1.165) is 13.8 Å².